The van der Waals surface area contributed by atoms with Gasteiger partial charge in [-0.25, -0.2) is 4.79 Å². The number of likely N-dealkylation sites (tertiary alicyclic amines) is 1. The first-order chi connectivity index (χ1) is 12.5. The summed E-state index contributed by atoms with van der Waals surface area (Å²) in [7, 11) is 0. The molecule has 2 heterocycles. The van der Waals surface area contributed by atoms with E-state index in [9.17, 15) is 4.79 Å². The molecule has 7 nitrogen and oxygen atoms in total. The average Bonchev–Trinajstić information content (AvgIpc) is 3.07. The number of carbonyl (C=O) groups is 1. The van der Waals surface area contributed by atoms with Crippen LogP contribution >= 0.6 is 0 Å². The van der Waals surface area contributed by atoms with E-state index in [1.54, 1.807) is 6.92 Å². The summed E-state index contributed by atoms with van der Waals surface area (Å²) < 4.78 is 11.0. The minimum atomic E-state index is -0.0889. The van der Waals surface area contributed by atoms with Gasteiger partial charge in [0.1, 0.15) is 12.4 Å². The zero-order valence-corrected chi connectivity index (χ0v) is 15.6. The Hall–Kier alpha value is -2.57. The van der Waals surface area contributed by atoms with Crippen LogP contribution in [0.3, 0.4) is 0 Å². The molecule has 1 fully saturated rings. The topological polar surface area (TPSA) is 80.5 Å². The van der Waals surface area contributed by atoms with Crippen LogP contribution in [-0.2, 0) is 0 Å². The van der Waals surface area contributed by atoms with E-state index in [0.717, 1.165) is 30.7 Å². The molecular weight excluding hydrogens is 332 g/mol. The average molecular weight is 358 g/mol. The van der Waals surface area contributed by atoms with Crippen LogP contribution in [0.4, 0.5) is 4.79 Å². The number of nitrogens with zero attached hydrogens (tertiary/aromatic N) is 3. The van der Waals surface area contributed by atoms with Crippen molar-refractivity contribution in [2.75, 3.05) is 19.7 Å². The number of rotatable bonds is 5. The van der Waals surface area contributed by atoms with E-state index >= 15 is 0 Å². The highest BCUT2D eigenvalue weighted by Gasteiger charge is 2.28. The predicted molar refractivity (Wildman–Crippen MR) is 97.3 cm³/mol. The second-order valence-corrected chi connectivity index (χ2v) is 6.94. The molecule has 1 aliphatic rings. The third-order valence-electron chi connectivity index (χ3n) is 4.46. The van der Waals surface area contributed by atoms with Crippen molar-refractivity contribution in [1.29, 1.82) is 0 Å². The second kappa shape index (κ2) is 8.21. The molecule has 0 bridgehead atoms. The summed E-state index contributed by atoms with van der Waals surface area (Å²) in [5, 5.41) is 6.85. The Morgan fingerprint density at radius 1 is 1.46 bits per heavy atom. The molecule has 0 radical (unpaired) electrons. The smallest absolute Gasteiger partial charge is 0.317 e. The van der Waals surface area contributed by atoms with E-state index in [1.165, 1.54) is 0 Å². The van der Waals surface area contributed by atoms with Gasteiger partial charge in [-0.3, -0.25) is 0 Å². The quantitative estimate of drug-likeness (QED) is 0.888. The molecule has 26 heavy (non-hydrogen) atoms. The number of urea groups is 1. The molecule has 1 N–H and O–H groups in total. The Morgan fingerprint density at radius 3 is 3.04 bits per heavy atom. The van der Waals surface area contributed by atoms with E-state index in [4.69, 9.17) is 9.26 Å². The molecular formula is C19H26N4O3. The maximum atomic E-state index is 12.5. The molecule has 2 unspecified atom stereocenters. The third-order valence-corrected chi connectivity index (χ3v) is 4.46. The van der Waals surface area contributed by atoms with Crippen molar-refractivity contribution in [3.8, 4) is 5.75 Å². The van der Waals surface area contributed by atoms with Gasteiger partial charge < -0.3 is 19.5 Å². The second-order valence-electron chi connectivity index (χ2n) is 6.94. The summed E-state index contributed by atoms with van der Waals surface area (Å²) in [6.45, 7) is 7.53. The first-order valence-electron chi connectivity index (χ1n) is 9.06. The van der Waals surface area contributed by atoms with Crippen molar-refractivity contribution in [2.24, 2.45) is 0 Å². The Kier molecular flexibility index (Phi) is 5.75. The maximum absolute atomic E-state index is 12.5. The van der Waals surface area contributed by atoms with E-state index in [1.807, 2.05) is 43.0 Å². The van der Waals surface area contributed by atoms with Crippen LogP contribution in [0.25, 0.3) is 0 Å². The monoisotopic (exact) mass is 358 g/mol. The van der Waals surface area contributed by atoms with Crippen molar-refractivity contribution < 1.29 is 14.1 Å². The first kappa shape index (κ1) is 18.2. The lowest BCUT2D eigenvalue weighted by Crippen LogP contribution is -2.48. The van der Waals surface area contributed by atoms with Crippen molar-refractivity contribution >= 4 is 6.03 Å². The number of aromatic nitrogens is 2. The molecule has 0 aliphatic carbocycles. The summed E-state index contributed by atoms with van der Waals surface area (Å²) >= 11 is 0. The lowest BCUT2D eigenvalue weighted by atomic mass is 9.98. The van der Waals surface area contributed by atoms with E-state index in [2.05, 4.69) is 15.5 Å². The van der Waals surface area contributed by atoms with Gasteiger partial charge in [-0.15, -0.1) is 0 Å². The lowest BCUT2D eigenvalue weighted by Gasteiger charge is -2.32. The number of benzene rings is 1. The number of hydrogen-bond acceptors (Lipinski definition) is 5. The lowest BCUT2D eigenvalue weighted by molar-refractivity contribution is 0.164. The van der Waals surface area contributed by atoms with Gasteiger partial charge in [0.25, 0.3) is 0 Å². The van der Waals surface area contributed by atoms with E-state index < -0.39 is 0 Å². The number of nitrogens with one attached hydrogen (secondary N) is 1. The highest BCUT2D eigenvalue weighted by atomic mass is 16.5. The van der Waals surface area contributed by atoms with Gasteiger partial charge in [0, 0.05) is 13.1 Å². The number of amides is 2. The molecule has 2 amide bonds. The molecule has 2 aromatic rings. The van der Waals surface area contributed by atoms with Gasteiger partial charge in [-0.1, -0.05) is 17.3 Å². The van der Waals surface area contributed by atoms with Crippen molar-refractivity contribution in [1.82, 2.24) is 20.4 Å². The summed E-state index contributed by atoms with van der Waals surface area (Å²) in [5.41, 5.74) is 1.15. The molecule has 1 saturated heterocycles. The van der Waals surface area contributed by atoms with Crippen molar-refractivity contribution in [3.05, 3.63) is 41.5 Å². The zero-order valence-electron chi connectivity index (χ0n) is 15.6. The van der Waals surface area contributed by atoms with Crippen LogP contribution in [-0.4, -0.2) is 46.8 Å². The van der Waals surface area contributed by atoms with Crippen LogP contribution in [0.2, 0.25) is 0 Å². The van der Waals surface area contributed by atoms with E-state index in [0.29, 0.717) is 24.9 Å². The number of aryl methyl sites for hydroxylation is 2. The molecule has 0 saturated carbocycles. The Labute approximate surface area is 153 Å². The molecule has 0 spiro atoms. The Morgan fingerprint density at radius 2 is 2.31 bits per heavy atom. The SMILES string of the molecule is Cc1cccc(OCC(C)NC(=O)N2CCCC(c3nc(C)no3)C2)c1. The Balaban J connectivity index is 1.49. The number of ether oxygens (including phenoxy) is 1. The van der Waals surface area contributed by atoms with Gasteiger partial charge in [-0.2, -0.15) is 4.98 Å². The van der Waals surface area contributed by atoms with Gasteiger partial charge in [0.15, 0.2) is 5.82 Å². The number of carbonyl (C=O) groups excluding carboxylic acids is 1. The number of piperidine rings is 1. The Bertz CT molecular complexity index is 746. The fraction of sp³-hybridized carbons (Fsp3) is 0.526. The zero-order chi connectivity index (χ0) is 18.5. The van der Waals surface area contributed by atoms with Crippen LogP contribution in [0.5, 0.6) is 5.75 Å². The van der Waals surface area contributed by atoms with Crippen molar-refractivity contribution in [3.63, 3.8) is 0 Å². The van der Waals surface area contributed by atoms with Crippen molar-refractivity contribution in [2.45, 2.75) is 45.6 Å². The normalized spacial score (nSPS) is 18.4. The van der Waals surface area contributed by atoms with Gasteiger partial charge in [0.2, 0.25) is 5.89 Å². The third kappa shape index (κ3) is 4.74. The molecule has 3 rings (SSSR count). The largest absolute Gasteiger partial charge is 0.491 e. The van der Waals surface area contributed by atoms with Gasteiger partial charge >= 0.3 is 6.03 Å². The van der Waals surface area contributed by atoms with Gasteiger partial charge in [0.05, 0.1) is 12.0 Å². The minimum absolute atomic E-state index is 0.0775. The maximum Gasteiger partial charge on any atom is 0.317 e. The van der Waals surface area contributed by atoms with Crippen LogP contribution in [0.1, 0.15) is 43.0 Å². The van der Waals surface area contributed by atoms with Crippen LogP contribution < -0.4 is 10.1 Å². The van der Waals surface area contributed by atoms with E-state index in [-0.39, 0.29) is 18.0 Å². The summed E-state index contributed by atoms with van der Waals surface area (Å²) in [5.74, 6) is 2.17. The standard InChI is InChI=1S/C19H26N4O3/c1-13-6-4-8-17(10-13)25-12-14(2)20-19(24)23-9-5-7-16(11-23)18-21-15(3)22-26-18/h4,6,8,10,14,16H,5,7,9,11-12H2,1-3H3,(H,20,24). The molecule has 1 aliphatic heterocycles. The number of hydrogen-bond donors (Lipinski definition) is 1. The first-order valence-corrected chi connectivity index (χ1v) is 9.06. The summed E-state index contributed by atoms with van der Waals surface area (Å²) in [6, 6.07) is 7.72. The predicted octanol–water partition coefficient (Wildman–Crippen LogP) is 3.04. The molecule has 140 valence electrons. The van der Waals surface area contributed by atoms with Crippen LogP contribution in [0, 0.1) is 13.8 Å². The van der Waals surface area contributed by atoms with Gasteiger partial charge in [-0.05, 0) is 51.3 Å². The fourth-order valence-corrected chi connectivity index (χ4v) is 3.11. The van der Waals surface area contributed by atoms with Crippen LogP contribution in [0.15, 0.2) is 28.8 Å². The highest BCUT2D eigenvalue weighted by molar-refractivity contribution is 5.74. The molecule has 2 atom stereocenters. The molecule has 7 heteroatoms. The highest BCUT2D eigenvalue weighted by Crippen LogP contribution is 2.25. The molecule has 1 aromatic heterocycles. The molecule has 1 aromatic carbocycles. The minimum Gasteiger partial charge on any atom is -0.491 e. The fourth-order valence-electron chi connectivity index (χ4n) is 3.11. The summed E-state index contributed by atoms with van der Waals surface area (Å²) in [4.78, 5) is 18.7. The summed E-state index contributed by atoms with van der Waals surface area (Å²) in [6.07, 6.45) is 1.88.